The predicted octanol–water partition coefficient (Wildman–Crippen LogP) is 1.70. The van der Waals surface area contributed by atoms with Gasteiger partial charge in [-0.1, -0.05) is 18.5 Å². The SMILES string of the molecule is C[CH]c1cc(Cl)cnn1. The summed E-state index contributed by atoms with van der Waals surface area (Å²) < 4.78 is 0. The van der Waals surface area contributed by atoms with Crippen LogP contribution < -0.4 is 0 Å². The highest BCUT2D eigenvalue weighted by Crippen LogP contribution is 2.06. The van der Waals surface area contributed by atoms with E-state index in [0.29, 0.717) is 5.02 Å². The van der Waals surface area contributed by atoms with Crippen molar-refractivity contribution in [3.05, 3.63) is 29.4 Å². The molecule has 0 bridgehead atoms. The molecule has 0 saturated heterocycles. The van der Waals surface area contributed by atoms with E-state index in [4.69, 9.17) is 11.6 Å². The quantitative estimate of drug-likeness (QED) is 0.595. The average molecular weight is 142 g/mol. The van der Waals surface area contributed by atoms with Gasteiger partial charge in [0.2, 0.25) is 0 Å². The zero-order valence-corrected chi connectivity index (χ0v) is 5.76. The summed E-state index contributed by atoms with van der Waals surface area (Å²) in [5.41, 5.74) is 0.808. The number of aromatic nitrogens is 2. The van der Waals surface area contributed by atoms with Crippen LogP contribution in [-0.2, 0) is 0 Å². The molecule has 0 saturated carbocycles. The zero-order valence-electron chi connectivity index (χ0n) is 5.00. The van der Waals surface area contributed by atoms with Crippen LogP contribution in [-0.4, -0.2) is 10.2 Å². The van der Waals surface area contributed by atoms with E-state index >= 15 is 0 Å². The first-order valence-corrected chi connectivity index (χ1v) is 2.98. The first-order chi connectivity index (χ1) is 4.33. The van der Waals surface area contributed by atoms with Gasteiger partial charge in [-0.05, 0) is 6.07 Å². The van der Waals surface area contributed by atoms with Crippen molar-refractivity contribution in [2.75, 3.05) is 0 Å². The number of nitrogens with zero attached hydrogens (tertiary/aromatic N) is 2. The van der Waals surface area contributed by atoms with Gasteiger partial charge in [0, 0.05) is 6.42 Å². The smallest absolute Gasteiger partial charge is 0.0682 e. The van der Waals surface area contributed by atoms with Crippen LogP contribution in [0.15, 0.2) is 12.3 Å². The standard InChI is InChI=1S/C6H6ClN2/c1-2-6-3-5(7)4-8-9-6/h2-4H,1H3. The van der Waals surface area contributed by atoms with Crippen LogP contribution >= 0.6 is 11.6 Å². The van der Waals surface area contributed by atoms with Crippen LogP contribution in [0.2, 0.25) is 5.02 Å². The molecule has 0 amide bonds. The number of hydrogen-bond acceptors (Lipinski definition) is 2. The fourth-order valence-electron chi connectivity index (χ4n) is 0.499. The van der Waals surface area contributed by atoms with E-state index in [9.17, 15) is 0 Å². The fourth-order valence-corrected chi connectivity index (χ4v) is 0.655. The van der Waals surface area contributed by atoms with Crippen LogP contribution in [0.25, 0.3) is 0 Å². The highest BCUT2D eigenvalue weighted by molar-refractivity contribution is 6.30. The Hall–Kier alpha value is -0.630. The van der Waals surface area contributed by atoms with Crippen molar-refractivity contribution < 1.29 is 0 Å². The highest BCUT2D eigenvalue weighted by Gasteiger charge is 1.91. The third-order valence-corrected chi connectivity index (χ3v) is 1.14. The van der Waals surface area contributed by atoms with E-state index in [1.165, 1.54) is 6.20 Å². The average Bonchev–Trinajstić information content (AvgIpc) is 1.88. The van der Waals surface area contributed by atoms with Gasteiger partial charge in [-0.25, -0.2) is 0 Å². The van der Waals surface area contributed by atoms with Crippen molar-refractivity contribution in [2.45, 2.75) is 6.92 Å². The molecule has 1 radical (unpaired) electrons. The first-order valence-electron chi connectivity index (χ1n) is 2.60. The van der Waals surface area contributed by atoms with Crippen molar-refractivity contribution in [3.63, 3.8) is 0 Å². The summed E-state index contributed by atoms with van der Waals surface area (Å²) in [6.45, 7) is 1.89. The molecule has 1 heterocycles. The van der Waals surface area contributed by atoms with E-state index < -0.39 is 0 Å². The predicted molar refractivity (Wildman–Crippen MR) is 36.1 cm³/mol. The molecule has 1 rings (SSSR count). The molecule has 0 aliphatic carbocycles. The lowest BCUT2D eigenvalue weighted by Gasteiger charge is -1.90. The van der Waals surface area contributed by atoms with Gasteiger partial charge in [0.25, 0.3) is 0 Å². The van der Waals surface area contributed by atoms with Gasteiger partial charge < -0.3 is 0 Å². The minimum absolute atomic E-state index is 0.623. The number of halogens is 1. The van der Waals surface area contributed by atoms with Crippen molar-refractivity contribution >= 4 is 11.6 Å². The monoisotopic (exact) mass is 141 g/mol. The Morgan fingerprint density at radius 3 is 2.89 bits per heavy atom. The minimum atomic E-state index is 0.623. The zero-order chi connectivity index (χ0) is 6.69. The summed E-state index contributed by atoms with van der Waals surface area (Å²) in [6.07, 6.45) is 3.35. The van der Waals surface area contributed by atoms with Gasteiger partial charge in [-0.2, -0.15) is 10.2 Å². The molecule has 9 heavy (non-hydrogen) atoms. The third kappa shape index (κ3) is 1.64. The summed E-state index contributed by atoms with van der Waals surface area (Å²) in [5, 5.41) is 8.03. The summed E-state index contributed by atoms with van der Waals surface area (Å²) in [4.78, 5) is 0. The maximum absolute atomic E-state index is 5.60. The second kappa shape index (κ2) is 2.78. The van der Waals surface area contributed by atoms with Crippen LogP contribution in [0.4, 0.5) is 0 Å². The summed E-state index contributed by atoms with van der Waals surface area (Å²) >= 11 is 5.60. The largest absolute Gasteiger partial charge is 0.157 e. The Bertz CT molecular complexity index is 200. The summed E-state index contributed by atoms with van der Waals surface area (Å²) in [6, 6.07) is 1.76. The molecule has 0 unspecified atom stereocenters. The lowest BCUT2D eigenvalue weighted by atomic mass is 10.3. The maximum atomic E-state index is 5.60. The molecular weight excluding hydrogens is 136 g/mol. The normalized spacial score (nSPS) is 9.56. The molecule has 0 fully saturated rings. The second-order valence-electron chi connectivity index (χ2n) is 1.59. The third-order valence-electron chi connectivity index (χ3n) is 0.936. The Labute approximate surface area is 58.9 Å². The maximum Gasteiger partial charge on any atom is 0.0682 e. The lowest BCUT2D eigenvalue weighted by Crippen LogP contribution is -1.86. The molecule has 3 heteroatoms. The van der Waals surface area contributed by atoms with Gasteiger partial charge in [-0.3, -0.25) is 0 Å². The van der Waals surface area contributed by atoms with E-state index in [1.54, 1.807) is 6.07 Å². The second-order valence-corrected chi connectivity index (χ2v) is 2.02. The molecule has 47 valence electrons. The van der Waals surface area contributed by atoms with E-state index in [2.05, 4.69) is 10.2 Å². The molecule has 0 atom stereocenters. The van der Waals surface area contributed by atoms with Crippen LogP contribution in [0.3, 0.4) is 0 Å². The van der Waals surface area contributed by atoms with E-state index in [-0.39, 0.29) is 0 Å². The van der Waals surface area contributed by atoms with Gasteiger partial charge in [0.1, 0.15) is 0 Å². The van der Waals surface area contributed by atoms with Gasteiger partial charge in [0.15, 0.2) is 0 Å². The molecule has 1 aromatic heterocycles. The van der Waals surface area contributed by atoms with E-state index in [0.717, 1.165) is 5.69 Å². The molecule has 0 aromatic carbocycles. The Balaban J connectivity index is 2.94. The molecule has 0 N–H and O–H groups in total. The van der Waals surface area contributed by atoms with Gasteiger partial charge >= 0.3 is 0 Å². The van der Waals surface area contributed by atoms with Crippen molar-refractivity contribution in [3.8, 4) is 0 Å². The Kier molecular flexibility index (Phi) is 2.01. The van der Waals surface area contributed by atoms with E-state index in [1.807, 2.05) is 13.3 Å². The Morgan fingerprint density at radius 1 is 1.67 bits per heavy atom. The molecule has 2 nitrogen and oxygen atoms in total. The van der Waals surface area contributed by atoms with Crippen LogP contribution in [0.1, 0.15) is 12.6 Å². The van der Waals surface area contributed by atoms with Crippen LogP contribution in [0, 0.1) is 6.42 Å². The highest BCUT2D eigenvalue weighted by atomic mass is 35.5. The topological polar surface area (TPSA) is 25.8 Å². The molecule has 0 aliphatic rings. The van der Waals surface area contributed by atoms with Gasteiger partial charge in [0.05, 0.1) is 16.9 Å². The minimum Gasteiger partial charge on any atom is -0.157 e. The summed E-state index contributed by atoms with van der Waals surface area (Å²) in [5.74, 6) is 0. The van der Waals surface area contributed by atoms with Crippen LogP contribution in [0.5, 0.6) is 0 Å². The fraction of sp³-hybridized carbons (Fsp3) is 0.167. The number of hydrogen-bond donors (Lipinski definition) is 0. The number of rotatable bonds is 1. The van der Waals surface area contributed by atoms with Crippen molar-refractivity contribution in [2.24, 2.45) is 0 Å². The lowest BCUT2D eigenvalue weighted by molar-refractivity contribution is 0.986. The van der Waals surface area contributed by atoms with Gasteiger partial charge in [-0.15, -0.1) is 0 Å². The molecule has 0 aliphatic heterocycles. The molecular formula is C6H6ClN2. The van der Waals surface area contributed by atoms with Crippen molar-refractivity contribution in [1.82, 2.24) is 10.2 Å². The Morgan fingerprint density at radius 2 is 2.44 bits per heavy atom. The first kappa shape index (κ1) is 6.49. The molecule has 1 aromatic rings. The summed E-state index contributed by atoms with van der Waals surface area (Å²) in [7, 11) is 0. The van der Waals surface area contributed by atoms with Crippen molar-refractivity contribution in [1.29, 1.82) is 0 Å². The molecule has 0 spiro atoms.